The Kier molecular flexibility index (Phi) is 14.3. The van der Waals surface area contributed by atoms with Gasteiger partial charge in [-0.05, 0) is 69.2 Å². The number of carbonyl (C=O) groups excluding carboxylic acids is 1. The molecule has 3 aromatic rings. The maximum absolute atomic E-state index is 13.0. The molecule has 0 amide bonds. The van der Waals surface area contributed by atoms with Crippen LogP contribution in [0.3, 0.4) is 0 Å². The van der Waals surface area contributed by atoms with Gasteiger partial charge < -0.3 is 30.3 Å². The Morgan fingerprint density at radius 3 is 2.06 bits per heavy atom. The van der Waals surface area contributed by atoms with Crippen LogP contribution in [0.25, 0.3) is 50.4 Å². The van der Waals surface area contributed by atoms with Gasteiger partial charge in [0, 0.05) is 31.4 Å². The minimum Gasteiger partial charge on any atom is -0.657 e. The number of aromatic nitrogens is 4. The molecular weight excluding hydrogens is 698 g/mol. The van der Waals surface area contributed by atoms with E-state index in [1.165, 1.54) is 0 Å². The molecule has 0 atom stereocenters. The Morgan fingerprint density at radius 2 is 1.37 bits per heavy atom. The van der Waals surface area contributed by atoms with Crippen LogP contribution in [-0.4, -0.2) is 59.8 Å². The van der Waals surface area contributed by atoms with Gasteiger partial charge in [0.2, 0.25) is 0 Å². The van der Waals surface area contributed by atoms with Crippen LogP contribution in [0.5, 0.6) is 0 Å². The number of ether oxygens (including phenoxy) is 2. The quantitative estimate of drug-likeness (QED) is 0.120. The van der Waals surface area contributed by atoms with Crippen LogP contribution >= 0.6 is 0 Å². The van der Waals surface area contributed by atoms with Crippen molar-refractivity contribution in [3.05, 3.63) is 88.5 Å². The van der Waals surface area contributed by atoms with Crippen molar-refractivity contribution in [2.75, 3.05) is 33.0 Å². The molecule has 0 fully saturated rings. The number of hydrogen-bond donors (Lipinski definition) is 2. The molecule has 0 saturated carbocycles. The molecule has 0 unspecified atom stereocenters. The molecule has 274 valence electrons. The molecule has 3 aromatic heterocycles. The molecule has 0 radical (unpaired) electrons. The molecule has 0 saturated heterocycles. The monoisotopic (exact) mass is 746 g/mol. The number of allylic oxidation sites excluding steroid dienone is 5. The largest absolute Gasteiger partial charge is 2.00 e. The van der Waals surface area contributed by atoms with Crippen LogP contribution in [0.2, 0.25) is 0 Å². The van der Waals surface area contributed by atoms with E-state index in [-0.39, 0.29) is 29.3 Å². The molecule has 2 aliphatic rings. The first kappa shape index (κ1) is 40.4. The third-order valence-electron chi connectivity index (χ3n) is 9.53. The zero-order chi connectivity index (χ0) is 36.7. The number of aliphatic carboxylic acids is 1. The van der Waals surface area contributed by atoms with Crippen LogP contribution in [0.4, 0.5) is 0 Å². The molecule has 0 aliphatic carbocycles. The molecule has 10 nitrogen and oxygen atoms in total. The van der Waals surface area contributed by atoms with Crippen molar-refractivity contribution in [3.63, 3.8) is 0 Å². The minimum absolute atomic E-state index is 0. The van der Waals surface area contributed by atoms with Crippen molar-refractivity contribution in [2.24, 2.45) is 0 Å². The predicted octanol–water partition coefficient (Wildman–Crippen LogP) is 6.30. The van der Waals surface area contributed by atoms with Gasteiger partial charge in [-0.25, -0.2) is 9.97 Å². The Morgan fingerprint density at radius 1 is 0.750 bits per heavy atom. The first-order valence-corrected chi connectivity index (χ1v) is 17.5. The number of fused-ring (bicyclic) bond motifs is 8. The summed E-state index contributed by atoms with van der Waals surface area (Å²) in [5.74, 6) is -0.725. The van der Waals surface area contributed by atoms with E-state index in [2.05, 4.69) is 18.9 Å². The maximum atomic E-state index is 13.0. The number of carbonyl (C=O) groups is 2. The standard InChI is InChI=1S/C41H48N5O5.Fe/c1-7-29-24(3)33-20-34-26(5)31(12-11-28(47)10-9-16-50-18-19-51-17-15-42)39(45-34)23-40-32(13-14-41(48)49)27(6)36(46-40)22-38-30(8-2)25(4)35(44-38)21-37(29)43-33;/h7-8,20-23H,1-2,9-19,42H2,3-6H3,(H2-,43,44,45,46,48,49);/q-1;+2. The van der Waals surface area contributed by atoms with Crippen molar-refractivity contribution in [1.29, 1.82) is 0 Å². The van der Waals surface area contributed by atoms with Gasteiger partial charge in [0.1, 0.15) is 5.78 Å². The van der Waals surface area contributed by atoms with Crippen molar-refractivity contribution in [3.8, 4) is 0 Å². The first-order valence-electron chi connectivity index (χ1n) is 17.5. The van der Waals surface area contributed by atoms with E-state index in [4.69, 9.17) is 29.4 Å². The summed E-state index contributed by atoms with van der Waals surface area (Å²) in [4.78, 5) is 44.9. The Bertz CT molecular complexity index is 2090. The van der Waals surface area contributed by atoms with Gasteiger partial charge in [-0.2, -0.15) is 0 Å². The number of hydrogen-bond acceptors (Lipinski definition) is 6. The van der Waals surface area contributed by atoms with Gasteiger partial charge in [-0.1, -0.05) is 66.3 Å². The van der Waals surface area contributed by atoms with Crippen LogP contribution in [-0.2, 0) is 42.6 Å². The van der Waals surface area contributed by atoms with Gasteiger partial charge in [0.25, 0.3) is 0 Å². The molecule has 0 aromatic carbocycles. The van der Waals surface area contributed by atoms with Gasteiger partial charge in [0.15, 0.2) is 0 Å². The summed E-state index contributed by atoms with van der Waals surface area (Å²) in [6, 6.07) is 7.84. The summed E-state index contributed by atoms with van der Waals surface area (Å²) in [5.41, 5.74) is 17.1. The number of rotatable bonds is 17. The number of aryl methyl sites for hydroxylation is 3. The SMILES string of the molecule is C=CC1=C(C)c2cc3[n-]c(cc4nc(cc5[n-]c(cc1n2)c(C)c5C=C)C(C)=C4CCC(=O)O)c(CCC(=O)CCCOCCOCC[NH3+])c3C.[Fe+2]. The molecule has 4 N–H and O–H groups in total. The third-order valence-corrected chi connectivity index (χ3v) is 9.53. The molecule has 8 bridgehead atoms. The van der Waals surface area contributed by atoms with Gasteiger partial charge in [-0.15, -0.1) is 22.1 Å². The molecule has 2 aliphatic heterocycles. The first-order chi connectivity index (χ1) is 24.6. The maximum Gasteiger partial charge on any atom is 2.00 e. The number of quaternary nitrogens is 1. The zero-order valence-electron chi connectivity index (χ0n) is 30.6. The van der Waals surface area contributed by atoms with Crippen molar-refractivity contribution in [2.45, 2.75) is 66.2 Å². The number of carboxylic acid groups (broad SMARTS) is 1. The fourth-order valence-electron chi connectivity index (χ4n) is 6.57. The summed E-state index contributed by atoms with van der Waals surface area (Å²) in [6.45, 7) is 19.0. The van der Waals surface area contributed by atoms with Crippen molar-refractivity contribution in [1.82, 2.24) is 19.9 Å². The summed E-state index contributed by atoms with van der Waals surface area (Å²) in [7, 11) is 0. The third kappa shape index (κ3) is 9.15. The normalized spacial score (nSPS) is 12.6. The van der Waals surface area contributed by atoms with Crippen LogP contribution in [0, 0.1) is 13.8 Å². The topological polar surface area (TPSA) is 154 Å². The van der Waals surface area contributed by atoms with E-state index in [1.54, 1.807) is 6.08 Å². The fraction of sp³-hybridized carbons (Fsp3) is 0.366. The minimum atomic E-state index is -0.880. The summed E-state index contributed by atoms with van der Waals surface area (Å²) in [5, 5.41) is 9.58. The number of carboxylic acids is 1. The Labute approximate surface area is 315 Å². The smallest absolute Gasteiger partial charge is 0.657 e. The Balaban J connectivity index is 0.00000605. The molecule has 5 heterocycles. The Hall–Kier alpha value is -4.38. The van der Waals surface area contributed by atoms with E-state index >= 15 is 0 Å². The van der Waals surface area contributed by atoms with E-state index in [0.29, 0.717) is 75.4 Å². The molecule has 5 rings (SSSR count). The van der Waals surface area contributed by atoms with Crippen LogP contribution < -0.4 is 15.7 Å². The van der Waals surface area contributed by atoms with Crippen molar-refractivity contribution < 1.29 is 47.0 Å². The molecular formula is C41H48FeN5O5+. The van der Waals surface area contributed by atoms with E-state index < -0.39 is 5.97 Å². The van der Waals surface area contributed by atoms with Gasteiger partial charge in [0.05, 0.1) is 49.1 Å². The van der Waals surface area contributed by atoms with E-state index in [0.717, 1.165) is 79.0 Å². The second-order valence-electron chi connectivity index (χ2n) is 12.9. The second-order valence-corrected chi connectivity index (χ2v) is 12.9. The second kappa shape index (κ2) is 18.4. The van der Waals surface area contributed by atoms with Crippen LogP contribution in [0.15, 0.2) is 43.5 Å². The van der Waals surface area contributed by atoms with Crippen LogP contribution in [0.1, 0.15) is 91.0 Å². The van der Waals surface area contributed by atoms with Gasteiger partial charge in [-0.3, -0.25) is 9.59 Å². The number of ketones is 1. The van der Waals surface area contributed by atoms with E-state index in [1.807, 2.05) is 58.0 Å². The average molecular weight is 747 g/mol. The zero-order valence-corrected chi connectivity index (χ0v) is 31.7. The molecule has 0 spiro atoms. The number of Topliss-reactive ketones (excluding diaryl/α,β-unsaturated/α-hetero) is 1. The fourth-order valence-corrected chi connectivity index (χ4v) is 6.57. The average Bonchev–Trinajstić information content (AvgIpc) is 3.76. The predicted molar refractivity (Wildman–Crippen MR) is 203 cm³/mol. The molecule has 52 heavy (non-hydrogen) atoms. The molecule has 11 heteroatoms. The summed E-state index contributed by atoms with van der Waals surface area (Å²) >= 11 is 0. The van der Waals surface area contributed by atoms with Crippen molar-refractivity contribution >= 4 is 62.2 Å². The van der Waals surface area contributed by atoms with Gasteiger partial charge >= 0.3 is 23.0 Å². The number of nitrogens with zero attached hydrogens (tertiary/aromatic N) is 4. The van der Waals surface area contributed by atoms with E-state index in [9.17, 15) is 14.7 Å². The summed E-state index contributed by atoms with van der Waals surface area (Å²) < 4.78 is 11.0. The summed E-state index contributed by atoms with van der Waals surface area (Å²) in [6.07, 6.45) is 5.84.